The second-order valence-electron chi connectivity index (χ2n) is 9.98. The first-order chi connectivity index (χ1) is 16.9. The van der Waals surface area contributed by atoms with Crippen LogP contribution >= 0.6 is 0 Å². The summed E-state index contributed by atoms with van der Waals surface area (Å²) in [6.45, 7) is 10.6. The predicted molar refractivity (Wildman–Crippen MR) is 143 cm³/mol. The number of hydrogen-bond donors (Lipinski definition) is 1. The third-order valence-corrected chi connectivity index (χ3v) is 11.9. The van der Waals surface area contributed by atoms with Crippen LogP contribution in [0.3, 0.4) is 0 Å². The normalized spacial score (nSPS) is 26.1. The lowest BCUT2D eigenvalue weighted by molar-refractivity contribution is -0.117. The molecule has 1 saturated carbocycles. The Morgan fingerprint density at radius 1 is 1.09 bits per heavy atom. The van der Waals surface area contributed by atoms with Gasteiger partial charge in [-0.05, 0) is 23.1 Å². The van der Waals surface area contributed by atoms with Crippen LogP contribution in [0.25, 0.3) is 0 Å². The maximum absolute atomic E-state index is 12.4. The summed E-state index contributed by atoms with van der Waals surface area (Å²) >= 11 is 0. The van der Waals surface area contributed by atoms with Gasteiger partial charge in [0, 0.05) is 5.92 Å². The molecule has 3 aliphatic rings. The minimum absolute atomic E-state index is 0.0151. The van der Waals surface area contributed by atoms with Crippen molar-refractivity contribution in [1.82, 2.24) is 4.90 Å². The Labute approximate surface area is 207 Å². The van der Waals surface area contributed by atoms with Crippen molar-refractivity contribution in [3.05, 3.63) is 78.4 Å². The summed E-state index contributed by atoms with van der Waals surface area (Å²) in [6, 6.07) is 20.3. The molecule has 2 aromatic carbocycles. The van der Waals surface area contributed by atoms with Crippen LogP contribution in [-0.2, 0) is 16.1 Å². The molecule has 5 rings (SSSR count). The molecule has 0 saturated heterocycles. The highest BCUT2D eigenvalue weighted by atomic mass is 28.3. The topological polar surface area (TPSA) is 92.6 Å². The van der Waals surface area contributed by atoms with Crippen molar-refractivity contribution in [1.29, 1.82) is 0 Å². The smallest absolute Gasteiger partial charge is 0.281 e. The quantitative estimate of drug-likeness (QED) is 0.482. The molecule has 1 amide bonds. The molecule has 180 valence electrons. The molecule has 4 atom stereocenters. The van der Waals surface area contributed by atoms with Crippen LogP contribution in [0.4, 0.5) is 0 Å². The zero-order valence-corrected chi connectivity index (χ0v) is 21.2. The summed E-state index contributed by atoms with van der Waals surface area (Å²) in [7, 11) is -1.91. The van der Waals surface area contributed by atoms with Gasteiger partial charge in [-0.25, -0.2) is 0 Å². The first-order valence-corrected chi connectivity index (χ1v) is 15.1. The SMILES string of the molecule is C=C1[C@H](COCc2ccccc2)[C@@H]([Si](C)(C)c2ccccc2)C[C@@H]1N1C=NC2C(=O)N=C(N)N=C21. The number of ether oxygens (including phenoxy) is 1. The van der Waals surface area contributed by atoms with E-state index in [1.807, 2.05) is 23.1 Å². The van der Waals surface area contributed by atoms with Gasteiger partial charge in [0.15, 0.2) is 6.04 Å². The van der Waals surface area contributed by atoms with Crippen molar-refractivity contribution < 1.29 is 9.53 Å². The molecule has 2 aliphatic heterocycles. The molecule has 1 fully saturated rings. The number of rotatable bonds is 7. The van der Waals surface area contributed by atoms with E-state index in [9.17, 15) is 4.79 Å². The summed E-state index contributed by atoms with van der Waals surface area (Å²) in [5.74, 6) is 0.355. The molecule has 8 heteroatoms. The van der Waals surface area contributed by atoms with E-state index in [0.29, 0.717) is 24.6 Å². The second kappa shape index (κ2) is 9.35. The van der Waals surface area contributed by atoms with E-state index in [0.717, 1.165) is 17.6 Å². The first-order valence-electron chi connectivity index (χ1n) is 12.0. The largest absolute Gasteiger partial charge is 0.376 e. The van der Waals surface area contributed by atoms with Crippen molar-refractivity contribution in [2.24, 2.45) is 26.6 Å². The van der Waals surface area contributed by atoms with Gasteiger partial charge >= 0.3 is 0 Å². The van der Waals surface area contributed by atoms with Crippen LogP contribution in [0.15, 0.2) is 87.8 Å². The number of nitrogens with zero attached hydrogens (tertiary/aromatic N) is 4. The van der Waals surface area contributed by atoms with Gasteiger partial charge < -0.3 is 15.4 Å². The summed E-state index contributed by atoms with van der Waals surface area (Å²) in [6.07, 6.45) is 2.61. The molecule has 2 heterocycles. The Kier molecular flexibility index (Phi) is 6.25. The highest BCUT2D eigenvalue weighted by Gasteiger charge is 2.51. The van der Waals surface area contributed by atoms with Crippen LogP contribution in [0.2, 0.25) is 18.6 Å². The van der Waals surface area contributed by atoms with E-state index in [4.69, 9.17) is 10.5 Å². The van der Waals surface area contributed by atoms with Crippen molar-refractivity contribution in [2.45, 2.75) is 43.7 Å². The number of carbonyl (C=O) groups is 1. The van der Waals surface area contributed by atoms with E-state index in [1.165, 1.54) is 5.19 Å². The number of hydrogen-bond acceptors (Lipinski definition) is 6. The lowest BCUT2D eigenvalue weighted by Crippen LogP contribution is -2.48. The highest BCUT2D eigenvalue weighted by Crippen LogP contribution is 2.48. The number of carbonyl (C=O) groups excluding carboxylic acids is 1. The van der Waals surface area contributed by atoms with Gasteiger partial charge in [-0.3, -0.25) is 9.79 Å². The van der Waals surface area contributed by atoms with E-state index in [1.54, 1.807) is 6.34 Å². The third-order valence-electron chi connectivity index (χ3n) is 7.59. The van der Waals surface area contributed by atoms with Gasteiger partial charge in [-0.1, -0.05) is 85.5 Å². The maximum atomic E-state index is 12.4. The van der Waals surface area contributed by atoms with E-state index in [-0.39, 0.29) is 23.8 Å². The van der Waals surface area contributed by atoms with Crippen LogP contribution in [0.5, 0.6) is 0 Å². The predicted octanol–water partition coefficient (Wildman–Crippen LogP) is 3.10. The fraction of sp³-hybridized carbons (Fsp3) is 0.333. The molecule has 7 nitrogen and oxygen atoms in total. The average Bonchev–Trinajstić information content (AvgIpc) is 3.42. The summed E-state index contributed by atoms with van der Waals surface area (Å²) in [5.41, 5.74) is 8.48. The van der Waals surface area contributed by atoms with Gasteiger partial charge in [0.05, 0.1) is 33.7 Å². The molecular weight excluding hydrogens is 454 g/mol. The fourth-order valence-corrected chi connectivity index (χ4v) is 9.20. The zero-order chi connectivity index (χ0) is 24.6. The maximum Gasteiger partial charge on any atom is 0.281 e. The molecule has 35 heavy (non-hydrogen) atoms. The number of amides is 1. The van der Waals surface area contributed by atoms with Gasteiger partial charge in [0.25, 0.3) is 5.91 Å². The van der Waals surface area contributed by atoms with Crippen molar-refractivity contribution in [3.8, 4) is 0 Å². The van der Waals surface area contributed by atoms with Crippen molar-refractivity contribution in [2.75, 3.05) is 6.61 Å². The Morgan fingerprint density at radius 3 is 2.49 bits per heavy atom. The van der Waals surface area contributed by atoms with Gasteiger partial charge in [0.2, 0.25) is 5.96 Å². The number of fused-ring (bicyclic) bond motifs is 1. The third kappa shape index (κ3) is 4.39. The lowest BCUT2D eigenvalue weighted by Gasteiger charge is -2.34. The Hall–Kier alpha value is -3.36. The molecule has 2 N–H and O–H groups in total. The molecule has 1 unspecified atom stereocenters. The Balaban J connectivity index is 1.42. The minimum atomic E-state index is -1.91. The Bertz CT molecular complexity index is 1210. The summed E-state index contributed by atoms with van der Waals surface area (Å²) in [4.78, 5) is 26.9. The van der Waals surface area contributed by atoms with Gasteiger partial charge in [-0.2, -0.15) is 9.98 Å². The van der Waals surface area contributed by atoms with Crippen LogP contribution < -0.4 is 10.9 Å². The van der Waals surface area contributed by atoms with E-state index in [2.05, 4.69) is 77.1 Å². The van der Waals surface area contributed by atoms with Crippen LogP contribution in [0, 0.1) is 5.92 Å². The second-order valence-corrected chi connectivity index (χ2v) is 14.7. The molecular formula is C27H31N5O2Si. The standard InChI is InChI=1S/C27H31N5O2Si/c1-18-21(16-34-15-19-10-6-4-7-11-19)23(35(2,3)20-12-8-5-9-13-20)14-22(18)32-17-29-24-25(32)30-27(28)31-26(24)33/h4-13,17,21-24H,1,14-16H2,2-3H3,(H2,28,31,33)/t21-,22-,23-,24?/m0/s1. The van der Waals surface area contributed by atoms with Crippen molar-refractivity contribution >= 4 is 37.3 Å². The highest BCUT2D eigenvalue weighted by molar-refractivity contribution is 6.91. The lowest BCUT2D eigenvalue weighted by atomic mass is 10.0. The van der Waals surface area contributed by atoms with E-state index < -0.39 is 14.1 Å². The van der Waals surface area contributed by atoms with E-state index >= 15 is 0 Å². The van der Waals surface area contributed by atoms with Gasteiger partial charge in [0.1, 0.15) is 5.84 Å². The molecule has 2 aromatic rings. The zero-order valence-electron chi connectivity index (χ0n) is 20.2. The fourth-order valence-electron chi connectivity index (χ4n) is 5.59. The van der Waals surface area contributed by atoms with Gasteiger partial charge in [-0.15, -0.1) is 0 Å². The monoisotopic (exact) mass is 485 g/mol. The number of guanidine groups is 1. The number of nitrogens with two attached hydrogens (primary N) is 1. The molecule has 0 radical (unpaired) electrons. The number of aliphatic imine (C=N–C) groups is 3. The number of amidine groups is 1. The van der Waals surface area contributed by atoms with Crippen LogP contribution in [0.1, 0.15) is 12.0 Å². The van der Waals surface area contributed by atoms with Crippen molar-refractivity contribution in [3.63, 3.8) is 0 Å². The molecule has 0 aromatic heterocycles. The molecule has 0 bridgehead atoms. The first kappa shape index (κ1) is 23.4. The average molecular weight is 486 g/mol. The minimum Gasteiger partial charge on any atom is -0.376 e. The summed E-state index contributed by atoms with van der Waals surface area (Å²) in [5, 5.41) is 1.42. The molecule has 0 spiro atoms. The molecule has 1 aliphatic carbocycles. The summed E-state index contributed by atoms with van der Waals surface area (Å²) < 4.78 is 6.27. The number of benzene rings is 2. The van der Waals surface area contributed by atoms with Crippen LogP contribution in [-0.4, -0.2) is 55.7 Å². The Morgan fingerprint density at radius 2 is 1.77 bits per heavy atom.